The fourth-order valence-electron chi connectivity index (χ4n) is 5.43. The average molecular weight is 669 g/mol. The van der Waals surface area contributed by atoms with Crippen LogP contribution in [0.1, 0.15) is 77.5 Å². The molecule has 0 saturated heterocycles. The molecule has 13 heteroatoms. The van der Waals surface area contributed by atoms with E-state index in [1.807, 2.05) is 0 Å². The predicted octanol–water partition coefficient (Wildman–Crippen LogP) is 7.09. The van der Waals surface area contributed by atoms with Crippen LogP contribution < -0.4 is 10.6 Å². The second-order valence-corrected chi connectivity index (χ2v) is 10.5. The van der Waals surface area contributed by atoms with E-state index in [1.165, 1.54) is 38.5 Å². The van der Waals surface area contributed by atoms with Crippen molar-refractivity contribution in [1.82, 2.24) is 0 Å². The van der Waals surface area contributed by atoms with Gasteiger partial charge in [-0.1, -0.05) is 24.3 Å². The second kappa shape index (κ2) is 14.5. The molecular weight excluding hydrogens is 640 g/mol. The zero-order valence-electron chi connectivity index (χ0n) is 25.0. The lowest BCUT2D eigenvalue weighted by molar-refractivity contribution is 0.0589. The quantitative estimate of drug-likeness (QED) is 0.175. The molecule has 8 nitrogen and oxygen atoms in total. The Bertz CT molecular complexity index is 1720. The van der Waals surface area contributed by atoms with Crippen molar-refractivity contribution in [3.05, 3.63) is 129 Å². The first-order valence-electron chi connectivity index (χ1n) is 13.9. The van der Waals surface area contributed by atoms with E-state index in [2.05, 4.69) is 20.1 Å². The molecule has 6 rings (SSSR count). The average Bonchev–Trinajstić information content (AvgIpc) is 3.03. The summed E-state index contributed by atoms with van der Waals surface area (Å²) in [5.74, 6) is -4.19. The van der Waals surface area contributed by atoms with Crippen LogP contribution in [0.2, 0.25) is 0 Å². The van der Waals surface area contributed by atoms with Crippen LogP contribution in [0.3, 0.4) is 0 Å². The van der Waals surface area contributed by atoms with E-state index in [0.29, 0.717) is 11.1 Å². The third-order valence-electron chi connectivity index (χ3n) is 7.56. The highest BCUT2D eigenvalue weighted by molar-refractivity contribution is 7.59. The molecule has 4 aromatic rings. The topological polar surface area (TPSA) is 111 Å². The van der Waals surface area contributed by atoms with Crippen molar-refractivity contribution in [1.29, 1.82) is 0 Å². The van der Waals surface area contributed by atoms with Gasteiger partial charge in [-0.25, -0.2) is 27.2 Å². The van der Waals surface area contributed by atoms with Gasteiger partial charge in [-0.15, -0.1) is 0 Å². The monoisotopic (exact) mass is 668 g/mol. The Morgan fingerprint density at radius 2 is 0.936 bits per heavy atom. The molecule has 0 aromatic heterocycles. The van der Waals surface area contributed by atoms with E-state index in [-0.39, 0.29) is 83.2 Å². The minimum absolute atomic E-state index is 0. The number of hydrogen-bond acceptors (Lipinski definition) is 8. The molecule has 2 heterocycles. The van der Waals surface area contributed by atoms with Gasteiger partial charge in [0.1, 0.15) is 23.3 Å². The van der Waals surface area contributed by atoms with E-state index in [4.69, 9.17) is 0 Å². The van der Waals surface area contributed by atoms with Crippen molar-refractivity contribution in [2.75, 3.05) is 24.9 Å². The van der Waals surface area contributed by atoms with Crippen LogP contribution in [0.25, 0.3) is 0 Å². The second-order valence-electron chi connectivity index (χ2n) is 10.5. The van der Waals surface area contributed by atoms with Crippen LogP contribution in [0.4, 0.5) is 28.9 Å². The maximum absolute atomic E-state index is 13.8. The van der Waals surface area contributed by atoms with Crippen molar-refractivity contribution in [3.8, 4) is 0 Å². The van der Waals surface area contributed by atoms with Crippen LogP contribution in [0.15, 0.2) is 72.8 Å². The summed E-state index contributed by atoms with van der Waals surface area (Å²) in [6, 6.07) is 14.9. The maximum Gasteiger partial charge on any atom is 0.338 e. The Hall–Kier alpha value is -5.17. The molecule has 0 radical (unpaired) electrons. The first-order valence-corrected chi connectivity index (χ1v) is 13.9. The fraction of sp³-hybridized carbons (Fsp3) is 0.176. The normalized spacial score (nSPS) is 16.1. The van der Waals surface area contributed by atoms with Crippen molar-refractivity contribution >= 4 is 48.4 Å². The van der Waals surface area contributed by atoms with Crippen molar-refractivity contribution in [2.45, 2.75) is 24.9 Å². The van der Waals surface area contributed by atoms with Gasteiger partial charge < -0.3 is 20.1 Å². The number of carbonyl (C=O) groups is 4. The molecule has 0 saturated carbocycles. The first-order chi connectivity index (χ1) is 22.0. The minimum Gasteiger partial charge on any atom is -0.465 e. The fourth-order valence-corrected chi connectivity index (χ4v) is 5.43. The van der Waals surface area contributed by atoms with Gasteiger partial charge in [0.25, 0.3) is 0 Å². The molecule has 47 heavy (non-hydrogen) atoms. The zero-order chi connectivity index (χ0) is 33.1. The molecule has 2 N–H and O–H groups in total. The number of nitrogens with one attached hydrogen (secondary N) is 2. The van der Waals surface area contributed by atoms with Crippen molar-refractivity contribution in [3.63, 3.8) is 0 Å². The zero-order valence-corrected chi connectivity index (χ0v) is 26.0. The molecule has 4 aromatic carbocycles. The summed E-state index contributed by atoms with van der Waals surface area (Å²) < 4.78 is 62.7. The third-order valence-corrected chi connectivity index (χ3v) is 7.56. The molecule has 0 bridgehead atoms. The lowest BCUT2D eigenvalue weighted by atomic mass is 9.89. The number of ether oxygens (including phenoxy) is 2. The lowest BCUT2D eigenvalue weighted by Gasteiger charge is -2.27. The smallest absolute Gasteiger partial charge is 0.338 e. The van der Waals surface area contributed by atoms with Gasteiger partial charge in [-0.05, 0) is 59.7 Å². The predicted molar refractivity (Wildman–Crippen MR) is 169 cm³/mol. The van der Waals surface area contributed by atoms with E-state index < -0.39 is 35.7 Å². The van der Waals surface area contributed by atoms with Gasteiger partial charge in [0, 0.05) is 24.2 Å². The summed E-state index contributed by atoms with van der Waals surface area (Å²) in [7, 11) is 2.34. The van der Waals surface area contributed by atoms with Gasteiger partial charge in [0.2, 0.25) is 0 Å². The molecule has 0 amide bonds. The van der Waals surface area contributed by atoms with Gasteiger partial charge in [0.05, 0.1) is 48.6 Å². The largest absolute Gasteiger partial charge is 0.465 e. The van der Waals surface area contributed by atoms with Gasteiger partial charge in [0.15, 0.2) is 11.6 Å². The lowest BCUT2D eigenvalue weighted by Crippen LogP contribution is -2.25. The molecule has 1 unspecified atom stereocenters. The number of rotatable bonds is 4. The number of benzene rings is 4. The first kappa shape index (κ1) is 34.7. The highest BCUT2D eigenvalue weighted by Gasteiger charge is 2.32. The standard InChI is InChI=1S/2C17H13F2NO3.H2S/c2*1-23-17(22)12-6-11(19)7-14-16(12)15(21)8-13(20-14)9-2-4-10(18)5-3-9;/h2*2-7,13,20H,8H2,1H3;1H2/t13-;;/m0../s1. The summed E-state index contributed by atoms with van der Waals surface area (Å²) in [5, 5.41) is 6.06. The Morgan fingerprint density at radius 3 is 1.26 bits per heavy atom. The minimum atomic E-state index is -0.767. The maximum atomic E-state index is 13.8. The number of Topliss-reactive ketones (excluding diaryl/α,β-unsaturated/α-hetero) is 2. The third kappa shape index (κ3) is 7.46. The molecule has 2 aliphatic rings. The number of esters is 2. The molecule has 0 fully saturated rings. The Balaban J connectivity index is 0.000000208. The van der Waals surface area contributed by atoms with Crippen LogP contribution >= 0.6 is 13.5 Å². The van der Waals surface area contributed by atoms with Crippen molar-refractivity contribution in [2.24, 2.45) is 0 Å². The number of hydrogen-bond donors (Lipinski definition) is 2. The van der Waals surface area contributed by atoms with E-state index in [0.717, 1.165) is 24.3 Å². The molecule has 0 aliphatic carbocycles. The highest BCUT2D eigenvalue weighted by Crippen LogP contribution is 2.37. The number of halogens is 4. The number of anilines is 2. The summed E-state index contributed by atoms with van der Waals surface area (Å²) in [6.45, 7) is 0. The van der Waals surface area contributed by atoms with Gasteiger partial charge >= 0.3 is 11.9 Å². The van der Waals surface area contributed by atoms with E-state index in [1.54, 1.807) is 24.3 Å². The SMILES string of the molecule is COC(=O)c1cc(F)cc2c1C(=O)CC(c1ccc(F)cc1)N2.COC(=O)c1cc(F)cc2c1C(=O)C[C@@H](c1ccc(F)cc1)N2.S. The molecule has 244 valence electrons. The Morgan fingerprint density at radius 1 is 0.596 bits per heavy atom. The number of ketones is 2. The highest BCUT2D eigenvalue weighted by atomic mass is 32.1. The molecular formula is C34H28F4N2O6S. The Kier molecular flexibility index (Phi) is 10.7. The summed E-state index contributed by atoms with van der Waals surface area (Å²) in [5.41, 5.74) is 1.92. The van der Waals surface area contributed by atoms with Crippen LogP contribution in [-0.4, -0.2) is 37.7 Å². The number of fused-ring (bicyclic) bond motifs is 2. The summed E-state index contributed by atoms with van der Waals surface area (Å²) >= 11 is 0. The van der Waals surface area contributed by atoms with Crippen molar-refractivity contribution < 1.29 is 46.2 Å². The molecule has 2 aliphatic heterocycles. The van der Waals surface area contributed by atoms with Gasteiger partial charge in [-0.3, -0.25) is 9.59 Å². The van der Waals surface area contributed by atoms with Crippen LogP contribution in [0.5, 0.6) is 0 Å². The summed E-state index contributed by atoms with van der Waals surface area (Å²) in [6.07, 6.45) is 0.155. The Labute approximate surface area is 273 Å². The van der Waals surface area contributed by atoms with Gasteiger partial charge in [-0.2, -0.15) is 13.5 Å². The number of carbonyl (C=O) groups excluding carboxylic acids is 4. The van der Waals surface area contributed by atoms with Crippen LogP contribution in [0, 0.1) is 23.3 Å². The van der Waals surface area contributed by atoms with E-state index in [9.17, 15) is 36.7 Å². The summed E-state index contributed by atoms with van der Waals surface area (Å²) in [4.78, 5) is 48.4. The van der Waals surface area contributed by atoms with E-state index >= 15 is 0 Å². The number of methoxy groups -OCH3 is 2. The van der Waals surface area contributed by atoms with Crippen LogP contribution in [-0.2, 0) is 9.47 Å². The molecule has 2 atom stereocenters. The molecule has 0 spiro atoms.